The fraction of sp³-hybridized carbons (Fsp3) is 0.267. The summed E-state index contributed by atoms with van der Waals surface area (Å²) in [5.74, 6) is 0.570. The predicted molar refractivity (Wildman–Crippen MR) is 80.9 cm³/mol. The number of rotatable bonds is 7. The molecule has 0 radical (unpaired) electrons. The Labute approximate surface area is 122 Å². The van der Waals surface area contributed by atoms with Gasteiger partial charge in [-0.25, -0.2) is 0 Å². The monoisotopic (exact) mass is 290 g/mol. The Morgan fingerprint density at radius 2 is 2.05 bits per heavy atom. The van der Waals surface area contributed by atoms with Gasteiger partial charge in [0.1, 0.15) is 5.75 Å². The van der Waals surface area contributed by atoms with Crippen molar-refractivity contribution in [3.8, 4) is 5.75 Å². The summed E-state index contributed by atoms with van der Waals surface area (Å²) in [5.41, 5.74) is 6.55. The van der Waals surface area contributed by atoms with E-state index in [-0.39, 0.29) is 12.5 Å². The standard InChI is InChI=1S/C15H18N2O2S/c16-10-12-3-5-13(6-4-12)19-11-15(18)17-8-7-14-2-1-9-20-14/h1-6,9H,7-8,10-11,16H2,(H,17,18). The highest BCUT2D eigenvalue weighted by Crippen LogP contribution is 2.11. The Kier molecular flexibility index (Phi) is 5.58. The molecule has 20 heavy (non-hydrogen) atoms. The molecule has 5 heteroatoms. The number of hydrogen-bond donors (Lipinski definition) is 2. The van der Waals surface area contributed by atoms with Crippen molar-refractivity contribution in [2.45, 2.75) is 13.0 Å². The number of thiophene rings is 1. The molecule has 0 saturated carbocycles. The van der Waals surface area contributed by atoms with E-state index in [1.54, 1.807) is 11.3 Å². The molecule has 0 atom stereocenters. The molecule has 2 rings (SSSR count). The molecule has 1 amide bonds. The lowest BCUT2D eigenvalue weighted by Crippen LogP contribution is -2.30. The first-order valence-corrected chi connectivity index (χ1v) is 7.37. The topological polar surface area (TPSA) is 64.3 Å². The Morgan fingerprint density at radius 1 is 1.25 bits per heavy atom. The van der Waals surface area contributed by atoms with Crippen molar-refractivity contribution in [1.29, 1.82) is 0 Å². The van der Waals surface area contributed by atoms with Crippen LogP contribution in [-0.4, -0.2) is 19.1 Å². The zero-order valence-corrected chi connectivity index (χ0v) is 12.0. The van der Waals surface area contributed by atoms with Crippen molar-refractivity contribution in [1.82, 2.24) is 5.32 Å². The molecule has 0 spiro atoms. The van der Waals surface area contributed by atoms with Gasteiger partial charge in [-0.05, 0) is 35.6 Å². The first-order chi connectivity index (χ1) is 9.78. The molecule has 0 aliphatic rings. The quantitative estimate of drug-likeness (QED) is 0.819. The van der Waals surface area contributed by atoms with E-state index >= 15 is 0 Å². The summed E-state index contributed by atoms with van der Waals surface area (Å²) in [6.07, 6.45) is 0.856. The molecule has 1 aromatic heterocycles. The summed E-state index contributed by atoms with van der Waals surface area (Å²) in [6, 6.07) is 11.5. The molecule has 0 aliphatic carbocycles. The fourth-order valence-electron chi connectivity index (χ4n) is 1.70. The fourth-order valence-corrected chi connectivity index (χ4v) is 2.41. The third-order valence-electron chi connectivity index (χ3n) is 2.80. The molecule has 4 nitrogen and oxygen atoms in total. The summed E-state index contributed by atoms with van der Waals surface area (Å²) in [5, 5.41) is 4.87. The summed E-state index contributed by atoms with van der Waals surface area (Å²) >= 11 is 1.70. The second-order valence-electron chi connectivity index (χ2n) is 4.32. The van der Waals surface area contributed by atoms with E-state index in [9.17, 15) is 4.79 Å². The Morgan fingerprint density at radius 3 is 2.70 bits per heavy atom. The zero-order chi connectivity index (χ0) is 14.2. The largest absolute Gasteiger partial charge is 0.484 e. The average molecular weight is 290 g/mol. The van der Waals surface area contributed by atoms with Crippen LogP contribution < -0.4 is 15.8 Å². The molecular formula is C15H18N2O2S. The number of carbonyl (C=O) groups excluding carboxylic acids is 1. The van der Waals surface area contributed by atoms with E-state index in [0.717, 1.165) is 12.0 Å². The van der Waals surface area contributed by atoms with E-state index in [1.165, 1.54) is 4.88 Å². The van der Waals surface area contributed by atoms with Crippen LogP contribution in [0.5, 0.6) is 5.75 Å². The van der Waals surface area contributed by atoms with Crippen molar-refractivity contribution in [3.63, 3.8) is 0 Å². The van der Waals surface area contributed by atoms with Crippen LogP contribution in [-0.2, 0) is 17.8 Å². The number of nitrogens with one attached hydrogen (secondary N) is 1. The summed E-state index contributed by atoms with van der Waals surface area (Å²) in [6.45, 7) is 1.17. The van der Waals surface area contributed by atoms with Crippen LogP contribution in [0.2, 0.25) is 0 Å². The summed E-state index contributed by atoms with van der Waals surface area (Å²) in [7, 11) is 0. The van der Waals surface area contributed by atoms with Crippen molar-refractivity contribution in [2.24, 2.45) is 5.73 Å². The first kappa shape index (κ1) is 14.6. The van der Waals surface area contributed by atoms with E-state index in [0.29, 0.717) is 18.8 Å². The number of amides is 1. The van der Waals surface area contributed by atoms with Gasteiger partial charge >= 0.3 is 0 Å². The van der Waals surface area contributed by atoms with Crippen LogP contribution in [0.3, 0.4) is 0 Å². The lowest BCUT2D eigenvalue weighted by molar-refractivity contribution is -0.123. The molecule has 0 fully saturated rings. The minimum atomic E-state index is -0.107. The molecule has 0 bridgehead atoms. The molecule has 0 unspecified atom stereocenters. The maximum absolute atomic E-state index is 11.6. The highest BCUT2D eigenvalue weighted by atomic mass is 32.1. The van der Waals surface area contributed by atoms with E-state index in [2.05, 4.69) is 11.4 Å². The SMILES string of the molecule is NCc1ccc(OCC(=O)NCCc2cccs2)cc1. The Hall–Kier alpha value is -1.85. The average Bonchev–Trinajstić information content (AvgIpc) is 2.99. The van der Waals surface area contributed by atoms with Crippen molar-refractivity contribution < 1.29 is 9.53 Å². The van der Waals surface area contributed by atoms with Crippen LogP contribution >= 0.6 is 11.3 Å². The zero-order valence-electron chi connectivity index (χ0n) is 11.2. The Bertz CT molecular complexity index is 523. The van der Waals surface area contributed by atoms with E-state index in [4.69, 9.17) is 10.5 Å². The minimum absolute atomic E-state index is 0.0341. The molecule has 0 saturated heterocycles. The molecule has 3 N–H and O–H groups in total. The maximum atomic E-state index is 11.6. The van der Waals surface area contributed by atoms with Crippen LogP contribution in [0.15, 0.2) is 41.8 Å². The lowest BCUT2D eigenvalue weighted by Gasteiger charge is -2.07. The van der Waals surface area contributed by atoms with Gasteiger partial charge in [0.05, 0.1) is 0 Å². The van der Waals surface area contributed by atoms with E-state index in [1.807, 2.05) is 35.7 Å². The normalized spacial score (nSPS) is 10.2. The number of hydrogen-bond acceptors (Lipinski definition) is 4. The van der Waals surface area contributed by atoms with E-state index < -0.39 is 0 Å². The third-order valence-corrected chi connectivity index (χ3v) is 3.74. The molecule has 0 aliphatic heterocycles. The number of nitrogens with two attached hydrogens (primary N) is 1. The van der Waals surface area contributed by atoms with Crippen LogP contribution in [0.1, 0.15) is 10.4 Å². The third kappa shape index (κ3) is 4.68. The van der Waals surface area contributed by atoms with Gasteiger partial charge in [0, 0.05) is 18.0 Å². The molecule has 106 valence electrons. The van der Waals surface area contributed by atoms with Gasteiger partial charge in [0.25, 0.3) is 5.91 Å². The van der Waals surface area contributed by atoms with Gasteiger partial charge in [-0.1, -0.05) is 18.2 Å². The number of benzene rings is 1. The van der Waals surface area contributed by atoms with Gasteiger partial charge in [-0.15, -0.1) is 11.3 Å². The highest BCUT2D eigenvalue weighted by Gasteiger charge is 2.03. The molecule has 2 aromatic rings. The minimum Gasteiger partial charge on any atom is -0.484 e. The van der Waals surface area contributed by atoms with Crippen molar-refractivity contribution in [2.75, 3.05) is 13.2 Å². The summed E-state index contributed by atoms with van der Waals surface area (Å²) < 4.78 is 5.40. The number of ether oxygens (including phenoxy) is 1. The first-order valence-electron chi connectivity index (χ1n) is 6.49. The summed E-state index contributed by atoms with van der Waals surface area (Å²) in [4.78, 5) is 12.9. The number of carbonyl (C=O) groups is 1. The maximum Gasteiger partial charge on any atom is 0.257 e. The van der Waals surface area contributed by atoms with Gasteiger partial charge in [-0.3, -0.25) is 4.79 Å². The Balaban J connectivity index is 1.66. The molecule has 1 heterocycles. The smallest absolute Gasteiger partial charge is 0.257 e. The van der Waals surface area contributed by atoms with Crippen LogP contribution in [0.4, 0.5) is 0 Å². The highest BCUT2D eigenvalue weighted by molar-refractivity contribution is 7.09. The van der Waals surface area contributed by atoms with Gasteiger partial charge in [0.2, 0.25) is 0 Å². The lowest BCUT2D eigenvalue weighted by atomic mass is 10.2. The van der Waals surface area contributed by atoms with Crippen LogP contribution in [0, 0.1) is 0 Å². The second kappa shape index (κ2) is 7.67. The van der Waals surface area contributed by atoms with Crippen LogP contribution in [0.25, 0.3) is 0 Å². The van der Waals surface area contributed by atoms with Gasteiger partial charge in [0.15, 0.2) is 6.61 Å². The molecular weight excluding hydrogens is 272 g/mol. The van der Waals surface area contributed by atoms with Crippen molar-refractivity contribution in [3.05, 3.63) is 52.2 Å². The van der Waals surface area contributed by atoms with Gasteiger partial charge < -0.3 is 15.8 Å². The molecule has 1 aromatic carbocycles. The second-order valence-corrected chi connectivity index (χ2v) is 5.35. The predicted octanol–water partition coefficient (Wildman–Crippen LogP) is 1.94. The van der Waals surface area contributed by atoms with Crippen molar-refractivity contribution >= 4 is 17.2 Å². The van der Waals surface area contributed by atoms with Gasteiger partial charge in [-0.2, -0.15) is 0 Å².